The van der Waals surface area contributed by atoms with Gasteiger partial charge in [-0.15, -0.1) is 0 Å². The molecular weight excluding hydrogens is 183 g/mol. The Labute approximate surface area is 83.0 Å². The van der Waals surface area contributed by atoms with Crippen molar-refractivity contribution in [1.82, 2.24) is 4.98 Å². The van der Waals surface area contributed by atoms with Crippen molar-refractivity contribution in [2.75, 3.05) is 11.9 Å². The van der Waals surface area contributed by atoms with Gasteiger partial charge in [0.15, 0.2) is 11.6 Å². The molecule has 1 aromatic rings. The van der Waals surface area contributed by atoms with Crippen LogP contribution in [-0.2, 0) is 0 Å². The maximum atomic E-state index is 13.1. The average Bonchev–Trinajstić information content (AvgIpc) is 2.20. The molecule has 0 aliphatic rings. The Morgan fingerprint density at radius 1 is 1.64 bits per heavy atom. The number of aliphatic hydroxyl groups is 1. The molecule has 0 saturated carbocycles. The molecule has 0 amide bonds. The Morgan fingerprint density at radius 2 is 2.43 bits per heavy atom. The van der Waals surface area contributed by atoms with E-state index in [0.29, 0.717) is 6.42 Å². The lowest BCUT2D eigenvalue weighted by molar-refractivity contribution is 0.278. The van der Waals surface area contributed by atoms with Gasteiger partial charge in [-0.1, -0.05) is 6.92 Å². The Morgan fingerprint density at radius 3 is 3.00 bits per heavy atom. The molecule has 0 bridgehead atoms. The van der Waals surface area contributed by atoms with E-state index < -0.39 is 0 Å². The van der Waals surface area contributed by atoms with Crippen LogP contribution in [0.1, 0.15) is 19.8 Å². The van der Waals surface area contributed by atoms with Gasteiger partial charge < -0.3 is 10.4 Å². The summed E-state index contributed by atoms with van der Waals surface area (Å²) in [7, 11) is 0. The SMILES string of the molecule is CCC(CCO)Nc1ncccc1F. The molecule has 4 heteroatoms. The Kier molecular flexibility index (Phi) is 4.32. The number of hydrogen-bond donors (Lipinski definition) is 2. The quantitative estimate of drug-likeness (QED) is 0.758. The average molecular weight is 198 g/mol. The van der Waals surface area contributed by atoms with E-state index >= 15 is 0 Å². The fraction of sp³-hybridized carbons (Fsp3) is 0.500. The minimum absolute atomic E-state index is 0.0735. The third kappa shape index (κ3) is 2.96. The van der Waals surface area contributed by atoms with E-state index in [2.05, 4.69) is 10.3 Å². The first kappa shape index (κ1) is 10.9. The van der Waals surface area contributed by atoms with Crippen LogP contribution in [0.3, 0.4) is 0 Å². The summed E-state index contributed by atoms with van der Waals surface area (Å²) in [6.45, 7) is 2.08. The molecule has 78 valence electrons. The van der Waals surface area contributed by atoms with Gasteiger partial charge >= 0.3 is 0 Å². The molecule has 1 heterocycles. The molecule has 0 aliphatic heterocycles. The topological polar surface area (TPSA) is 45.1 Å². The molecule has 3 nitrogen and oxygen atoms in total. The molecule has 0 fully saturated rings. The van der Waals surface area contributed by atoms with Gasteiger partial charge in [0.2, 0.25) is 0 Å². The summed E-state index contributed by atoms with van der Waals surface area (Å²) in [5.74, 6) is -0.100. The zero-order valence-electron chi connectivity index (χ0n) is 8.20. The summed E-state index contributed by atoms with van der Waals surface area (Å²) in [5.41, 5.74) is 0. The molecule has 14 heavy (non-hydrogen) atoms. The predicted octanol–water partition coefficient (Wildman–Crippen LogP) is 1.79. The first-order valence-corrected chi connectivity index (χ1v) is 4.75. The largest absolute Gasteiger partial charge is 0.396 e. The second-order valence-corrected chi connectivity index (χ2v) is 3.10. The number of hydrogen-bond acceptors (Lipinski definition) is 3. The number of rotatable bonds is 5. The van der Waals surface area contributed by atoms with Gasteiger partial charge in [-0.3, -0.25) is 0 Å². The summed E-state index contributed by atoms with van der Waals surface area (Å²) in [5, 5.41) is 11.7. The van der Waals surface area contributed by atoms with Crippen molar-refractivity contribution in [3.8, 4) is 0 Å². The molecule has 1 atom stereocenters. The first-order valence-electron chi connectivity index (χ1n) is 4.75. The minimum atomic E-state index is -0.358. The van der Waals surface area contributed by atoms with Crippen LogP contribution in [0.4, 0.5) is 10.2 Å². The molecule has 1 unspecified atom stereocenters. The maximum Gasteiger partial charge on any atom is 0.165 e. The van der Waals surface area contributed by atoms with Gasteiger partial charge in [-0.05, 0) is 25.0 Å². The van der Waals surface area contributed by atoms with E-state index in [1.165, 1.54) is 12.3 Å². The van der Waals surface area contributed by atoms with Crippen molar-refractivity contribution in [1.29, 1.82) is 0 Å². The second-order valence-electron chi connectivity index (χ2n) is 3.10. The molecule has 0 saturated heterocycles. The minimum Gasteiger partial charge on any atom is -0.396 e. The molecule has 1 aromatic heterocycles. The Hall–Kier alpha value is -1.16. The van der Waals surface area contributed by atoms with Crippen molar-refractivity contribution >= 4 is 5.82 Å². The van der Waals surface area contributed by atoms with Gasteiger partial charge in [0.25, 0.3) is 0 Å². The smallest absolute Gasteiger partial charge is 0.165 e. The van der Waals surface area contributed by atoms with Crippen LogP contribution in [0.25, 0.3) is 0 Å². The van der Waals surface area contributed by atoms with Crippen LogP contribution >= 0.6 is 0 Å². The number of nitrogens with zero attached hydrogens (tertiary/aromatic N) is 1. The first-order chi connectivity index (χ1) is 6.77. The number of anilines is 1. The fourth-order valence-corrected chi connectivity index (χ4v) is 1.22. The lowest BCUT2D eigenvalue weighted by atomic mass is 10.1. The van der Waals surface area contributed by atoms with Crippen molar-refractivity contribution in [3.05, 3.63) is 24.1 Å². The lowest BCUT2D eigenvalue weighted by Gasteiger charge is -2.16. The van der Waals surface area contributed by atoms with E-state index in [1.807, 2.05) is 6.92 Å². The third-order valence-corrected chi connectivity index (χ3v) is 2.07. The molecule has 0 spiro atoms. The number of nitrogens with one attached hydrogen (secondary N) is 1. The number of aromatic nitrogens is 1. The predicted molar refractivity (Wildman–Crippen MR) is 53.6 cm³/mol. The lowest BCUT2D eigenvalue weighted by Crippen LogP contribution is -2.21. The van der Waals surface area contributed by atoms with E-state index in [0.717, 1.165) is 6.42 Å². The Bertz CT molecular complexity index is 281. The van der Waals surface area contributed by atoms with E-state index in [4.69, 9.17) is 5.11 Å². The highest BCUT2D eigenvalue weighted by Gasteiger charge is 2.08. The molecule has 1 rings (SSSR count). The molecule has 0 radical (unpaired) electrons. The molecular formula is C10H15FN2O. The van der Waals surface area contributed by atoms with Gasteiger partial charge in [0.05, 0.1) is 0 Å². The third-order valence-electron chi connectivity index (χ3n) is 2.07. The highest BCUT2D eigenvalue weighted by molar-refractivity contribution is 5.36. The molecule has 2 N–H and O–H groups in total. The van der Waals surface area contributed by atoms with E-state index in [9.17, 15) is 4.39 Å². The van der Waals surface area contributed by atoms with Crippen molar-refractivity contribution in [3.63, 3.8) is 0 Å². The Balaban J connectivity index is 2.62. The van der Waals surface area contributed by atoms with Crippen LogP contribution < -0.4 is 5.32 Å². The molecule has 0 aromatic carbocycles. The summed E-state index contributed by atoms with van der Waals surface area (Å²) < 4.78 is 13.1. The van der Waals surface area contributed by atoms with Crippen LogP contribution in [0, 0.1) is 5.82 Å². The highest BCUT2D eigenvalue weighted by atomic mass is 19.1. The van der Waals surface area contributed by atoms with Crippen molar-refractivity contribution in [2.24, 2.45) is 0 Å². The summed E-state index contributed by atoms with van der Waals surface area (Å²) in [4.78, 5) is 3.88. The van der Waals surface area contributed by atoms with Crippen molar-refractivity contribution < 1.29 is 9.50 Å². The monoisotopic (exact) mass is 198 g/mol. The normalized spacial score (nSPS) is 12.5. The van der Waals surface area contributed by atoms with Gasteiger partial charge in [0.1, 0.15) is 0 Å². The summed E-state index contributed by atoms with van der Waals surface area (Å²) in [6.07, 6.45) is 2.97. The number of halogens is 1. The van der Waals surface area contributed by atoms with E-state index in [-0.39, 0.29) is 24.3 Å². The summed E-state index contributed by atoms with van der Waals surface area (Å²) in [6, 6.07) is 2.98. The number of aliphatic hydroxyl groups excluding tert-OH is 1. The number of pyridine rings is 1. The van der Waals surface area contributed by atoms with Gasteiger partial charge in [-0.25, -0.2) is 9.37 Å². The standard InChI is InChI=1S/C10H15FN2O/c1-2-8(5-7-14)13-10-9(11)4-3-6-12-10/h3-4,6,8,14H,2,5,7H2,1H3,(H,12,13). The van der Waals surface area contributed by atoms with Crippen LogP contribution in [0.2, 0.25) is 0 Å². The summed E-state index contributed by atoms with van der Waals surface area (Å²) >= 11 is 0. The van der Waals surface area contributed by atoms with Crippen molar-refractivity contribution in [2.45, 2.75) is 25.8 Å². The zero-order chi connectivity index (χ0) is 10.4. The van der Waals surface area contributed by atoms with Crippen LogP contribution in [-0.4, -0.2) is 22.7 Å². The zero-order valence-corrected chi connectivity index (χ0v) is 8.20. The van der Waals surface area contributed by atoms with Gasteiger partial charge in [-0.2, -0.15) is 0 Å². The van der Waals surface area contributed by atoms with Crippen LogP contribution in [0.15, 0.2) is 18.3 Å². The van der Waals surface area contributed by atoms with E-state index in [1.54, 1.807) is 6.07 Å². The highest BCUT2D eigenvalue weighted by Crippen LogP contribution is 2.12. The fourth-order valence-electron chi connectivity index (χ4n) is 1.22. The van der Waals surface area contributed by atoms with Gasteiger partial charge in [0, 0.05) is 18.8 Å². The second kappa shape index (κ2) is 5.54. The van der Waals surface area contributed by atoms with Crippen LogP contribution in [0.5, 0.6) is 0 Å². The maximum absolute atomic E-state index is 13.1. The molecule has 0 aliphatic carbocycles.